The number of likely N-dealkylation sites (tertiary alicyclic amines) is 1. The number of aliphatic imine (C=N–C) groups is 1. The monoisotopic (exact) mass is 394 g/mol. The van der Waals surface area contributed by atoms with Crippen LogP contribution in [0.4, 0.5) is 0 Å². The Bertz CT molecular complexity index is 696. The van der Waals surface area contributed by atoms with Crippen LogP contribution in [0.25, 0.3) is 0 Å². The van der Waals surface area contributed by atoms with Crippen LogP contribution in [-0.4, -0.2) is 56.2 Å². The number of nitrogens with zero attached hydrogens (tertiary/aromatic N) is 2. The molecule has 1 amide bonds. The van der Waals surface area contributed by atoms with Crippen LogP contribution in [0, 0.1) is 0 Å². The molecule has 2 aliphatic heterocycles. The van der Waals surface area contributed by atoms with E-state index in [0.29, 0.717) is 42.7 Å². The van der Waals surface area contributed by atoms with Crippen molar-refractivity contribution < 1.29 is 14.3 Å². The molecule has 1 aromatic rings. The predicted octanol–water partition coefficient (Wildman–Crippen LogP) is 2.18. The molecule has 148 valence electrons. The minimum absolute atomic E-state index is 0.270. The molecule has 27 heavy (non-hydrogen) atoms. The maximum absolute atomic E-state index is 11.6. The molecule has 7 nitrogen and oxygen atoms in total. The lowest BCUT2D eigenvalue weighted by atomic mass is 10.2. The van der Waals surface area contributed by atoms with E-state index in [2.05, 4.69) is 15.6 Å². The summed E-state index contributed by atoms with van der Waals surface area (Å²) in [6.45, 7) is 6.77. The number of fused-ring (bicyclic) bond motifs is 1. The molecule has 0 bridgehead atoms. The number of halogens is 1. The second kappa shape index (κ2) is 9.69. The number of carbonyl (C=O) groups is 1. The van der Waals surface area contributed by atoms with Gasteiger partial charge in [-0.2, -0.15) is 0 Å². The molecular weight excluding hydrogens is 368 g/mol. The maximum atomic E-state index is 11.6. The number of carbonyl (C=O) groups excluding carboxylic acids is 1. The summed E-state index contributed by atoms with van der Waals surface area (Å²) in [5.41, 5.74) is 0.962. The van der Waals surface area contributed by atoms with Crippen molar-refractivity contribution in [3.63, 3.8) is 0 Å². The Hall–Kier alpha value is -2.15. The summed E-state index contributed by atoms with van der Waals surface area (Å²) in [6, 6.07) is 3.79. The van der Waals surface area contributed by atoms with E-state index in [1.165, 1.54) is 0 Å². The van der Waals surface area contributed by atoms with Crippen LogP contribution in [0.15, 0.2) is 17.1 Å². The highest BCUT2D eigenvalue weighted by molar-refractivity contribution is 6.32. The number of nitrogens with one attached hydrogen (secondary N) is 2. The zero-order chi connectivity index (χ0) is 19.1. The predicted molar refractivity (Wildman–Crippen MR) is 106 cm³/mol. The lowest BCUT2D eigenvalue weighted by Gasteiger charge is -2.20. The van der Waals surface area contributed by atoms with Crippen LogP contribution in [0.1, 0.15) is 31.7 Å². The second-order valence-electron chi connectivity index (χ2n) is 6.56. The van der Waals surface area contributed by atoms with Crippen molar-refractivity contribution in [2.45, 2.75) is 32.7 Å². The molecule has 2 N–H and O–H groups in total. The molecule has 3 rings (SSSR count). The molecule has 0 radical (unpaired) electrons. The first-order valence-corrected chi connectivity index (χ1v) is 9.93. The third-order valence-electron chi connectivity index (χ3n) is 4.49. The fourth-order valence-electron chi connectivity index (χ4n) is 3.18. The average molecular weight is 395 g/mol. The number of benzene rings is 1. The number of ether oxygens (including phenoxy) is 2. The summed E-state index contributed by atoms with van der Waals surface area (Å²) in [6.07, 6.45) is 2.57. The highest BCUT2D eigenvalue weighted by atomic mass is 35.5. The standard InChI is InChI=1S/C19H27ClN4O3/c1-2-21-19(22-6-4-8-24-7-3-5-17(24)25)23-13-14-11-15(20)18-16(12-14)26-9-10-27-18/h11-12H,2-10,13H2,1H3,(H2,21,22,23). The number of hydrogen-bond acceptors (Lipinski definition) is 4. The van der Waals surface area contributed by atoms with Crippen molar-refractivity contribution in [2.75, 3.05) is 39.4 Å². The fraction of sp³-hybridized carbons (Fsp3) is 0.579. The Labute approximate surface area is 165 Å². The highest BCUT2D eigenvalue weighted by Crippen LogP contribution is 2.38. The van der Waals surface area contributed by atoms with Crippen LogP contribution in [0.5, 0.6) is 11.5 Å². The molecule has 0 spiro atoms. The van der Waals surface area contributed by atoms with E-state index < -0.39 is 0 Å². The fourth-order valence-corrected chi connectivity index (χ4v) is 3.47. The highest BCUT2D eigenvalue weighted by Gasteiger charge is 2.19. The number of guanidine groups is 1. The molecule has 0 aliphatic carbocycles. The van der Waals surface area contributed by atoms with Crippen molar-refractivity contribution in [2.24, 2.45) is 4.99 Å². The van der Waals surface area contributed by atoms with Crippen molar-refractivity contribution in [1.82, 2.24) is 15.5 Å². The van der Waals surface area contributed by atoms with E-state index >= 15 is 0 Å². The zero-order valence-corrected chi connectivity index (χ0v) is 16.5. The molecule has 1 fully saturated rings. The van der Waals surface area contributed by atoms with Gasteiger partial charge in [0.25, 0.3) is 0 Å². The SMILES string of the molecule is CCNC(=NCc1cc(Cl)c2c(c1)OCCO2)NCCCN1CCCC1=O. The van der Waals surface area contributed by atoms with E-state index in [-0.39, 0.29) is 5.91 Å². The Morgan fingerprint density at radius 2 is 2.15 bits per heavy atom. The molecule has 2 heterocycles. The van der Waals surface area contributed by atoms with Gasteiger partial charge in [-0.25, -0.2) is 4.99 Å². The van der Waals surface area contributed by atoms with E-state index in [9.17, 15) is 4.79 Å². The van der Waals surface area contributed by atoms with Gasteiger partial charge in [0, 0.05) is 32.6 Å². The normalized spacial score (nSPS) is 16.6. The van der Waals surface area contributed by atoms with Crippen molar-refractivity contribution in [3.05, 3.63) is 22.7 Å². The van der Waals surface area contributed by atoms with Crippen molar-refractivity contribution >= 4 is 23.5 Å². The summed E-state index contributed by atoms with van der Waals surface area (Å²) >= 11 is 6.28. The van der Waals surface area contributed by atoms with Gasteiger partial charge in [-0.05, 0) is 37.5 Å². The quantitative estimate of drug-likeness (QED) is 0.421. The summed E-state index contributed by atoms with van der Waals surface area (Å²) < 4.78 is 11.2. The first kappa shape index (κ1) is 19.6. The van der Waals surface area contributed by atoms with Gasteiger partial charge in [0.05, 0.1) is 11.6 Å². The Morgan fingerprint density at radius 1 is 1.30 bits per heavy atom. The van der Waals surface area contributed by atoms with Gasteiger partial charge in [-0.15, -0.1) is 0 Å². The van der Waals surface area contributed by atoms with E-state index in [1.807, 2.05) is 24.0 Å². The van der Waals surface area contributed by atoms with Gasteiger partial charge >= 0.3 is 0 Å². The van der Waals surface area contributed by atoms with E-state index in [1.54, 1.807) is 0 Å². The summed E-state index contributed by atoms with van der Waals surface area (Å²) in [4.78, 5) is 18.2. The molecule has 0 saturated carbocycles. The van der Waals surface area contributed by atoms with E-state index in [4.69, 9.17) is 21.1 Å². The summed E-state index contributed by atoms with van der Waals surface area (Å²) in [5.74, 6) is 2.30. The molecule has 0 atom stereocenters. The van der Waals surface area contributed by atoms with Crippen LogP contribution in [0.2, 0.25) is 5.02 Å². The van der Waals surface area contributed by atoms with E-state index in [0.717, 1.165) is 50.5 Å². The summed E-state index contributed by atoms with van der Waals surface area (Å²) in [5, 5.41) is 7.10. The van der Waals surface area contributed by atoms with Crippen LogP contribution >= 0.6 is 11.6 Å². The largest absolute Gasteiger partial charge is 0.486 e. The minimum atomic E-state index is 0.270. The zero-order valence-electron chi connectivity index (χ0n) is 15.7. The van der Waals surface area contributed by atoms with Crippen LogP contribution in [-0.2, 0) is 11.3 Å². The first-order valence-electron chi connectivity index (χ1n) is 9.55. The molecule has 0 unspecified atom stereocenters. The van der Waals surface area contributed by atoms with Gasteiger partial charge in [-0.3, -0.25) is 4.79 Å². The molecular formula is C19H27ClN4O3. The van der Waals surface area contributed by atoms with Gasteiger partial charge in [0.15, 0.2) is 17.5 Å². The van der Waals surface area contributed by atoms with Crippen molar-refractivity contribution in [3.8, 4) is 11.5 Å². The topological polar surface area (TPSA) is 75.2 Å². The van der Waals surface area contributed by atoms with Crippen molar-refractivity contribution in [1.29, 1.82) is 0 Å². The van der Waals surface area contributed by atoms with Gasteiger partial charge in [-0.1, -0.05) is 11.6 Å². The Balaban J connectivity index is 1.52. The Morgan fingerprint density at radius 3 is 2.93 bits per heavy atom. The van der Waals surface area contributed by atoms with Crippen LogP contribution < -0.4 is 20.1 Å². The first-order chi connectivity index (χ1) is 13.2. The molecule has 1 aromatic carbocycles. The number of amides is 1. The molecule has 2 aliphatic rings. The van der Waals surface area contributed by atoms with Gasteiger partial charge in [0.2, 0.25) is 5.91 Å². The maximum Gasteiger partial charge on any atom is 0.222 e. The lowest BCUT2D eigenvalue weighted by molar-refractivity contribution is -0.127. The van der Waals surface area contributed by atoms with Gasteiger partial charge < -0.3 is 25.0 Å². The van der Waals surface area contributed by atoms with Crippen LogP contribution in [0.3, 0.4) is 0 Å². The third-order valence-corrected chi connectivity index (χ3v) is 4.77. The molecule has 0 aromatic heterocycles. The molecule has 8 heteroatoms. The summed E-state index contributed by atoms with van der Waals surface area (Å²) in [7, 11) is 0. The minimum Gasteiger partial charge on any atom is -0.486 e. The number of hydrogen-bond donors (Lipinski definition) is 2. The second-order valence-corrected chi connectivity index (χ2v) is 6.97. The molecule has 1 saturated heterocycles. The lowest BCUT2D eigenvalue weighted by Crippen LogP contribution is -2.39. The number of rotatable bonds is 7. The smallest absolute Gasteiger partial charge is 0.222 e. The Kier molecular flexibility index (Phi) is 7.04. The van der Waals surface area contributed by atoms with Gasteiger partial charge in [0.1, 0.15) is 13.2 Å². The average Bonchev–Trinajstić information content (AvgIpc) is 3.08. The third kappa shape index (κ3) is 5.42.